The van der Waals surface area contributed by atoms with Crippen LogP contribution in [-0.2, 0) is 13.5 Å². The van der Waals surface area contributed by atoms with Gasteiger partial charge in [0.1, 0.15) is 12.2 Å². The average molecular weight is 218 g/mol. The number of benzene rings is 1. The van der Waals surface area contributed by atoms with Crippen molar-refractivity contribution in [3.63, 3.8) is 0 Å². The maximum atomic E-state index is 10.5. The molecule has 2 rings (SSSR count). The summed E-state index contributed by atoms with van der Waals surface area (Å²) < 4.78 is 1.82. The molecule has 16 heavy (non-hydrogen) atoms. The Bertz CT molecular complexity index is 504. The van der Waals surface area contributed by atoms with Crippen LogP contribution in [0.1, 0.15) is 11.4 Å². The molecule has 1 aromatic heterocycles. The van der Waals surface area contributed by atoms with Crippen LogP contribution < -0.4 is 0 Å². The maximum Gasteiger partial charge on any atom is 0.269 e. The minimum absolute atomic E-state index is 0.0988. The number of nitro benzene ring substituents is 1. The van der Waals surface area contributed by atoms with Crippen molar-refractivity contribution >= 4 is 5.69 Å². The number of rotatable bonds is 3. The largest absolute Gasteiger partial charge is 0.320 e. The Labute approximate surface area is 91.7 Å². The summed E-state index contributed by atoms with van der Waals surface area (Å²) in [5.74, 6) is 0.828. The molecule has 0 bridgehead atoms. The van der Waals surface area contributed by atoms with Gasteiger partial charge in [-0.3, -0.25) is 10.1 Å². The topological polar surface area (TPSA) is 73.8 Å². The molecule has 0 aliphatic carbocycles. The quantitative estimate of drug-likeness (QED) is 0.575. The summed E-state index contributed by atoms with van der Waals surface area (Å²) in [7, 11) is 1.86. The predicted molar refractivity (Wildman–Crippen MR) is 56.9 cm³/mol. The molecule has 0 saturated carbocycles. The molecule has 0 radical (unpaired) electrons. The smallest absolute Gasteiger partial charge is 0.269 e. The first-order chi connectivity index (χ1) is 7.66. The van der Waals surface area contributed by atoms with E-state index in [4.69, 9.17) is 0 Å². The van der Waals surface area contributed by atoms with E-state index >= 15 is 0 Å². The molecule has 2 aromatic rings. The second-order valence-corrected chi connectivity index (χ2v) is 3.46. The summed E-state index contributed by atoms with van der Waals surface area (Å²) in [4.78, 5) is 10.1. The van der Waals surface area contributed by atoms with Gasteiger partial charge in [-0.1, -0.05) is 12.1 Å². The number of aromatic nitrogens is 3. The first-order valence-corrected chi connectivity index (χ1v) is 4.73. The first kappa shape index (κ1) is 10.3. The van der Waals surface area contributed by atoms with Crippen molar-refractivity contribution < 1.29 is 4.92 Å². The highest BCUT2D eigenvalue weighted by Gasteiger charge is 2.06. The van der Waals surface area contributed by atoms with E-state index in [1.54, 1.807) is 18.5 Å². The lowest BCUT2D eigenvalue weighted by molar-refractivity contribution is -0.384. The highest BCUT2D eigenvalue weighted by Crippen LogP contribution is 2.13. The molecule has 82 valence electrons. The summed E-state index contributed by atoms with van der Waals surface area (Å²) in [6.45, 7) is 0. The number of aryl methyl sites for hydroxylation is 1. The molecule has 1 aromatic carbocycles. The third-order valence-corrected chi connectivity index (χ3v) is 2.31. The summed E-state index contributed by atoms with van der Waals surface area (Å²) in [5.41, 5.74) is 1.07. The monoisotopic (exact) mass is 218 g/mol. The molecular weight excluding hydrogens is 208 g/mol. The van der Waals surface area contributed by atoms with E-state index in [9.17, 15) is 10.1 Å². The fourth-order valence-electron chi connectivity index (χ4n) is 1.39. The van der Waals surface area contributed by atoms with Gasteiger partial charge in [0, 0.05) is 25.6 Å². The number of nitrogens with zero attached hydrogens (tertiary/aromatic N) is 4. The second kappa shape index (κ2) is 4.09. The third-order valence-electron chi connectivity index (χ3n) is 2.31. The Morgan fingerprint density at radius 2 is 2.06 bits per heavy atom. The molecule has 0 spiro atoms. The number of non-ortho nitro benzene ring substituents is 1. The minimum atomic E-state index is -0.411. The average Bonchev–Trinajstić information content (AvgIpc) is 2.65. The molecule has 6 nitrogen and oxygen atoms in total. The summed E-state index contributed by atoms with van der Waals surface area (Å²) in [6.07, 6.45) is 2.25. The van der Waals surface area contributed by atoms with Crippen LogP contribution in [0.2, 0.25) is 0 Å². The maximum absolute atomic E-state index is 10.5. The third kappa shape index (κ3) is 2.05. The summed E-state index contributed by atoms with van der Waals surface area (Å²) in [6, 6.07) is 6.44. The molecular formula is C10H10N4O2. The van der Waals surface area contributed by atoms with E-state index in [-0.39, 0.29) is 5.69 Å². The molecule has 0 amide bonds. The number of nitro groups is 1. The van der Waals surface area contributed by atoms with Crippen LogP contribution in [0.5, 0.6) is 0 Å². The summed E-state index contributed by atoms with van der Waals surface area (Å²) in [5, 5.41) is 18.2. The van der Waals surface area contributed by atoms with Crippen LogP contribution in [-0.4, -0.2) is 19.7 Å². The minimum Gasteiger partial charge on any atom is -0.320 e. The lowest BCUT2D eigenvalue weighted by atomic mass is 10.1. The zero-order chi connectivity index (χ0) is 11.5. The van der Waals surface area contributed by atoms with E-state index in [0.29, 0.717) is 6.42 Å². The molecule has 0 N–H and O–H groups in total. The van der Waals surface area contributed by atoms with Crippen molar-refractivity contribution in [1.29, 1.82) is 0 Å². The van der Waals surface area contributed by atoms with Gasteiger partial charge in [-0.15, -0.1) is 10.2 Å². The molecule has 1 heterocycles. The SMILES string of the molecule is Cn1cnnc1Cc1ccc([N+](=O)[O-])cc1. The van der Waals surface area contributed by atoms with Crippen LogP contribution in [0.15, 0.2) is 30.6 Å². The van der Waals surface area contributed by atoms with Crippen molar-refractivity contribution in [3.8, 4) is 0 Å². The van der Waals surface area contributed by atoms with Gasteiger partial charge in [-0.05, 0) is 5.56 Å². The van der Waals surface area contributed by atoms with Gasteiger partial charge in [-0.2, -0.15) is 0 Å². The fraction of sp³-hybridized carbons (Fsp3) is 0.200. The normalized spacial score (nSPS) is 10.3. The Morgan fingerprint density at radius 3 is 2.56 bits per heavy atom. The van der Waals surface area contributed by atoms with Crippen molar-refractivity contribution in [3.05, 3.63) is 52.1 Å². The van der Waals surface area contributed by atoms with E-state index in [2.05, 4.69) is 10.2 Å². The lowest BCUT2D eigenvalue weighted by Gasteiger charge is -2.00. The predicted octanol–water partition coefficient (Wildman–Crippen LogP) is 1.31. The Balaban J connectivity index is 2.17. The second-order valence-electron chi connectivity index (χ2n) is 3.46. The van der Waals surface area contributed by atoms with Gasteiger partial charge < -0.3 is 4.57 Å². The van der Waals surface area contributed by atoms with Crippen molar-refractivity contribution in [2.75, 3.05) is 0 Å². The van der Waals surface area contributed by atoms with Crippen molar-refractivity contribution in [2.24, 2.45) is 7.05 Å². The van der Waals surface area contributed by atoms with E-state index in [1.807, 2.05) is 11.6 Å². The molecule has 0 aliphatic heterocycles. The van der Waals surface area contributed by atoms with Gasteiger partial charge in [-0.25, -0.2) is 0 Å². The zero-order valence-electron chi connectivity index (χ0n) is 8.70. The van der Waals surface area contributed by atoms with Crippen molar-refractivity contribution in [1.82, 2.24) is 14.8 Å². The van der Waals surface area contributed by atoms with Gasteiger partial charge in [0.2, 0.25) is 0 Å². The highest BCUT2D eigenvalue weighted by atomic mass is 16.6. The van der Waals surface area contributed by atoms with Gasteiger partial charge in [0.15, 0.2) is 0 Å². The first-order valence-electron chi connectivity index (χ1n) is 4.73. The van der Waals surface area contributed by atoms with Crippen LogP contribution in [0.25, 0.3) is 0 Å². The van der Waals surface area contributed by atoms with Gasteiger partial charge in [0.25, 0.3) is 5.69 Å². The molecule has 0 saturated heterocycles. The number of hydrogen-bond acceptors (Lipinski definition) is 4. The van der Waals surface area contributed by atoms with E-state index < -0.39 is 4.92 Å². The van der Waals surface area contributed by atoms with Gasteiger partial charge >= 0.3 is 0 Å². The Kier molecular flexibility index (Phi) is 2.63. The molecule has 0 aliphatic rings. The van der Waals surface area contributed by atoms with Crippen LogP contribution in [0, 0.1) is 10.1 Å². The van der Waals surface area contributed by atoms with Crippen LogP contribution >= 0.6 is 0 Å². The molecule has 0 atom stereocenters. The van der Waals surface area contributed by atoms with E-state index in [0.717, 1.165) is 11.4 Å². The van der Waals surface area contributed by atoms with E-state index in [1.165, 1.54) is 12.1 Å². The highest BCUT2D eigenvalue weighted by molar-refractivity contribution is 5.33. The molecule has 6 heteroatoms. The van der Waals surface area contributed by atoms with Crippen LogP contribution in [0.3, 0.4) is 0 Å². The molecule has 0 fully saturated rings. The molecule has 0 unspecified atom stereocenters. The van der Waals surface area contributed by atoms with Gasteiger partial charge in [0.05, 0.1) is 4.92 Å². The Morgan fingerprint density at radius 1 is 1.38 bits per heavy atom. The zero-order valence-corrected chi connectivity index (χ0v) is 8.70. The summed E-state index contributed by atoms with van der Waals surface area (Å²) >= 11 is 0. The lowest BCUT2D eigenvalue weighted by Crippen LogP contribution is -1.98. The van der Waals surface area contributed by atoms with Crippen LogP contribution in [0.4, 0.5) is 5.69 Å². The Hall–Kier alpha value is -2.24. The van der Waals surface area contributed by atoms with Crippen molar-refractivity contribution in [2.45, 2.75) is 6.42 Å². The standard InChI is InChI=1S/C10H10N4O2/c1-13-7-11-12-10(13)6-8-2-4-9(5-3-8)14(15)16/h2-5,7H,6H2,1H3. The number of hydrogen-bond donors (Lipinski definition) is 0. The fourth-order valence-corrected chi connectivity index (χ4v) is 1.39.